The minimum absolute atomic E-state index is 0.143. The molecule has 5 rings (SSSR count). The number of rotatable bonds is 7. The van der Waals surface area contributed by atoms with Crippen LogP contribution in [0.3, 0.4) is 0 Å². The Hall–Kier alpha value is -5.03. The maximum atomic E-state index is 13.0. The normalized spacial score (nSPS) is 23.5. The lowest BCUT2D eigenvalue weighted by atomic mass is 10.0. The van der Waals surface area contributed by atoms with Gasteiger partial charge in [-0.05, 0) is 36.4 Å². The average molecular weight is 530 g/mol. The summed E-state index contributed by atoms with van der Waals surface area (Å²) in [5.74, 6) is -3.34. The zero-order valence-corrected chi connectivity index (χ0v) is 20.3. The van der Waals surface area contributed by atoms with Crippen LogP contribution < -0.4 is 10.6 Å². The van der Waals surface area contributed by atoms with Crippen molar-refractivity contribution in [2.45, 2.75) is 24.0 Å². The molecule has 0 aliphatic carbocycles. The summed E-state index contributed by atoms with van der Waals surface area (Å²) in [5, 5.41) is 4.40. The van der Waals surface area contributed by atoms with Crippen LogP contribution in [-0.2, 0) is 23.7 Å². The summed E-state index contributed by atoms with van der Waals surface area (Å²) in [6.07, 6.45) is -4.40. The Morgan fingerprint density at radius 2 is 1.21 bits per heavy atom. The molecular weight excluding hydrogens is 508 g/mol. The fourth-order valence-corrected chi connectivity index (χ4v) is 4.29. The van der Waals surface area contributed by atoms with E-state index in [2.05, 4.69) is 10.6 Å². The molecular formula is C28H22N2O9. The Balaban J connectivity index is 1.47. The van der Waals surface area contributed by atoms with Crippen molar-refractivity contribution < 1.29 is 42.9 Å². The molecule has 2 aliphatic rings. The third kappa shape index (κ3) is 5.20. The predicted octanol–water partition coefficient (Wildman–Crippen LogP) is 2.23. The van der Waals surface area contributed by atoms with Crippen molar-refractivity contribution >= 4 is 29.8 Å². The second-order valence-corrected chi connectivity index (χ2v) is 8.69. The Labute approximate surface area is 222 Å². The fourth-order valence-electron chi connectivity index (χ4n) is 4.29. The number of amides is 3. The van der Waals surface area contributed by atoms with Gasteiger partial charge in [0.25, 0.3) is 11.6 Å². The van der Waals surface area contributed by atoms with Gasteiger partial charge < -0.3 is 18.9 Å². The van der Waals surface area contributed by atoms with Gasteiger partial charge in [0.2, 0.25) is 0 Å². The number of benzene rings is 3. The van der Waals surface area contributed by atoms with Gasteiger partial charge in [0.1, 0.15) is 12.7 Å². The molecule has 3 aromatic carbocycles. The molecule has 3 amide bonds. The molecule has 0 aromatic heterocycles. The monoisotopic (exact) mass is 530 g/mol. The second-order valence-electron chi connectivity index (χ2n) is 8.69. The highest BCUT2D eigenvalue weighted by Crippen LogP contribution is 2.37. The van der Waals surface area contributed by atoms with Crippen LogP contribution in [0, 0.1) is 0 Å². The van der Waals surface area contributed by atoms with Crippen LogP contribution in [0.25, 0.3) is 0 Å². The van der Waals surface area contributed by atoms with Crippen LogP contribution in [0.1, 0.15) is 31.1 Å². The van der Waals surface area contributed by atoms with Crippen molar-refractivity contribution in [2.24, 2.45) is 0 Å². The Morgan fingerprint density at radius 3 is 1.69 bits per heavy atom. The van der Waals surface area contributed by atoms with E-state index in [1.54, 1.807) is 66.7 Å². The third-order valence-electron chi connectivity index (χ3n) is 6.15. The molecule has 4 atom stereocenters. The first-order valence-electron chi connectivity index (χ1n) is 11.9. The lowest BCUT2D eigenvalue weighted by Gasteiger charge is -2.28. The van der Waals surface area contributed by atoms with Crippen molar-refractivity contribution in [3.05, 3.63) is 108 Å². The number of nitrogens with one attached hydrogen (secondary N) is 2. The highest BCUT2D eigenvalue weighted by molar-refractivity contribution is 6.07. The van der Waals surface area contributed by atoms with Gasteiger partial charge >= 0.3 is 23.9 Å². The molecule has 2 unspecified atom stereocenters. The summed E-state index contributed by atoms with van der Waals surface area (Å²) in [6, 6.07) is 23.1. The first-order chi connectivity index (χ1) is 18.9. The van der Waals surface area contributed by atoms with E-state index < -0.39 is 60.5 Å². The molecule has 2 saturated heterocycles. The third-order valence-corrected chi connectivity index (χ3v) is 6.15. The van der Waals surface area contributed by atoms with Gasteiger partial charge in [0, 0.05) is 0 Å². The summed E-state index contributed by atoms with van der Waals surface area (Å²) >= 11 is 0. The van der Waals surface area contributed by atoms with Crippen LogP contribution in [0.2, 0.25) is 0 Å². The van der Waals surface area contributed by atoms with Gasteiger partial charge in [-0.15, -0.1) is 0 Å². The average Bonchev–Trinajstić information content (AvgIpc) is 3.42. The topological polar surface area (TPSA) is 146 Å². The number of hydrogen-bond acceptors (Lipinski definition) is 9. The van der Waals surface area contributed by atoms with Crippen LogP contribution in [0.5, 0.6) is 0 Å². The smallest absolute Gasteiger partial charge is 0.338 e. The summed E-state index contributed by atoms with van der Waals surface area (Å²) in [7, 11) is 0. The fraction of sp³-hybridized carbons (Fsp3) is 0.179. The first-order valence-corrected chi connectivity index (χ1v) is 11.9. The molecule has 0 radical (unpaired) electrons. The second kappa shape index (κ2) is 10.8. The van der Waals surface area contributed by atoms with E-state index in [1.165, 1.54) is 24.3 Å². The first kappa shape index (κ1) is 25.6. The number of carbonyl (C=O) groups excluding carboxylic acids is 5. The lowest BCUT2D eigenvalue weighted by Crippen LogP contribution is -2.58. The van der Waals surface area contributed by atoms with Crippen LogP contribution in [0.4, 0.5) is 4.79 Å². The van der Waals surface area contributed by atoms with Gasteiger partial charge in [-0.1, -0.05) is 54.6 Å². The van der Waals surface area contributed by atoms with E-state index in [1.807, 2.05) is 0 Å². The lowest BCUT2D eigenvalue weighted by molar-refractivity contribution is -0.153. The standard InChI is InChI=1S/C28H22N2O9/c31-23(17-10-4-1-5-11-17)36-16-20-21(37-24(32)18-12-6-2-7-13-18)22(28(39-20)26(34)29-27(35)30-28)38-25(33)19-14-8-3-9-15-19/h1-15,20-22H,16H2,(H2,29,30,34,35)/t20-,21?,22?,28-/m1/s1. The molecule has 2 heterocycles. The molecule has 0 bridgehead atoms. The highest BCUT2D eigenvalue weighted by atomic mass is 16.7. The zero-order chi connectivity index (χ0) is 27.4. The van der Waals surface area contributed by atoms with E-state index in [-0.39, 0.29) is 16.7 Å². The quantitative estimate of drug-likeness (QED) is 0.267. The Kier molecular flexibility index (Phi) is 7.06. The van der Waals surface area contributed by atoms with Gasteiger partial charge in [-0.3, -0.25) is 15.4 Å². The van der Waals surface area contributed by atoms with Gasteiger partial charge in [0.15, 0.2) is 12.2 Å². The molecule has 11 nitrogen and oxygen atoms in total. The molecule has 3 aromatic rings. The van der Waals surface area contributed by atoms with Crippen molar-refractivity contribution in [2.75, 3.05) is 6.61 Å². The number of hydrogen-bond donors (Lipinski definition) is 2. The molecule has 11 heteroatoms. The molecule has 2 aliphatic heterocycles. The Bertz CT molecular complexity index is 1400. The van der Waals surface area contributed by atoms with Crippen LogP contribution >= 0.6 is 0 Å². The maximum Gasteiger partial charge on any atom is 0.338 e. The number of esters is 3. The van der Waals surface area contributed by atoms with Crippen molar-refractivity contribution in [1.29, 1.82) is 0 Å². The van der Waals surface area contributed by atoms with Crippen molar-refractivity contribution in [1.82, 2.24) is 10.6 Å². The van der Waals surface area contributed by atoms with E-state index in [0.29, 0.717) is 0 Å². The van der Waals surface area contributed by atoms with Crippen LogP contribution in [0.15, 0.2) is 91.0 Å². The molecule has 1 spiro atoms. The van der Waals surface area contributed by atoms with Gasteiger partial charge in [0.05, 0.1) is 16.7 Å². The number of imide groups is 1. The molecule has 2 N–H and O–H groups in total. The minimum Gasteiger partial charge on any atom is -0.459 e. The number of carbonyl (C=O) groups is 5. The van der Waals surface area contributed by atoms with E-state index in [4.69, 9.17) is 18.9 Å². The highest BCUT2D eigenvalue weighted by Gasteiger charge is 2.67. The van der Waals surface area contributed by atoms with E-state index in [9.17, 15) is 24.0 Å². The van der Waals surface area contributed by atoms with Crippen molar-refractivity contribution in [3.63, 3.8) is 0 Å². The molecule has 0 saturated carbocycles. The summed E-state index contributed by atoms with van der Waals surface area (Å²) in [6.45, 7) is -0.495. The Morgan fingerprint density at radius 1 is 0.718 bits per heavy atom. The van der Waals surface area contributed by atoms with Gasteiger partial charge in [-0.25, -0.2) is 19.2 Å². The molecule has 198 valence electrons. The van der Waals surface area contributed by atoms with E-state index in [0.717, 1.165) is 0 Å². The number of urea groups is 1. The van der Waals surface area contributed by atoms with Gasteiger partial charge in [-0.2, -0.15) is 0 Å². The summed E-state index contributed by atoms with van der Waals surface area (Å²) in [4.78, 5) is 63.8. The molecule has 39 heavy (non-hydrogen) atoms. The SMILES string of the molecule is O=C1NC(=O)[C@]2(N1)O[C@H](COC(=O)c1ccccc1)C(OC(=O)c1ccccc1)C2OC(=O)c1ccccc1. The summed E-state index contributed by atoms with van der Waals surface area (Å²) in [5.41, 5.74) is -1.68. The largest absolute Gasteiger partial charge is 0.459 e. The van der Waals surface area contributed by atoms with Crippen molar-refractivity contribution in [3.8, 4) is 0 Å². The van der Waals surface area contributed by atoms with Crippen LogP contribution in [-0.4, -0.2) is 60.5 Å². The minimum atomic E-state index is -2.24. The zero-order valence-electron chi connectivity index (χ0n) is 20.3. The molecule has 2 fully saturated rings. The summed E-state index contributed by atoms with van der Waals surface area (Å²) < 4.78 is 22.7. The number of ether oxygens (including phenoxy) is 4. The predicted molar refractivity (Wildman–Crippen MR) is 132 cm³/mol. The maximum absolute atomic E-state index is 13.0. The van der Waals surface area contributed by atoms with E-state index >= 15 is 0 Å².